The fourth-order valence-electron chi connectivity index (χ4n) is 3.02. The highest BCUT2D eigenvalue weighted by atomic mass is 35.5. The first-order valence-electron chi connectivity index (χ1n) is 7.30. The fraction of sp³-hybridized carbons (Fsp3) is 0.438. The smallest absolute Gasteiger partial charge is 0.0663 e. The first-order chi connectivity index (χ1) is 9.78. The molecule has 1 aromatic heterocycles. The SMILES string of the molecule is CCNC1CCCc2c1cnn2Cc1cccc(Cl)c1. The van der Waals surface area contributed by atoms with Gasteiger partial charge in [0.25, 0.3) is 0 Å². The molecule has 1 N–H and O–H groups in total. The van der Waals surface area contributed by atoms with Gasteiger partial charge in [0.05, 0.1) is 12.7 Å². The Hall–Kier alpha value is -1.32. The molecule has 0 saturated heterocycles. The zero-order valence-electron chi connectivity index (χ0n) is 11.8. The van der Waals surface area contributed by atoms with Crippen molar-refractivity contribution in [3.8, 4) is 0 Å². The molecule has 1 heterocycles. The maximum absolute atomic E-state index is 6.05. The molecule has 2 aromatic rings. The minimum atomic E-state index is 0.469. The molecule has 0 fully saturated rings. The monoisotopic (exact) mass is 289 g/mol. The van der Waals surface area contributed by atoms with Gasteiger partial charge in [0.2, 0.25) is 0 Å². The Morgan fingerprint density at radius 1 is 1.45 bits per heavy atom. The second kappa shape index (κ2) is 5.98. The molecule has 0 amide bonds. The van der Waals surface area contributed by atoms with Crippen molar-refractivity contribution < 1.29 is 0 Å². The van der Waals surface area contributed by atoms with Gasteiger partial charge in [0, 0.05) is 22.3 Å². The third-order valence-electron chi connectivity index (χ3n) is 3.93. The summed E-state index contributed by atoms with van der Waals surface area (Å²) >= 11 is 6.05. The Kier molecular flexibility index (Phi) is 4.08. The van der Waals surface area contributed by atoms with Crippen LogP contribution in [0.25, 0.3) is 0 Å². The standard InChI is InChI=1S/C16H20ClN3/c1-2-18-15-7-4-8-16-14(15)10-19-20(16)11-12-5-3-6-13(17)9-12/h3,5-6,9-10,15,18H,2,4,7-8,11H2,1H3. The van der Waals surface area contributed by atoms with E-state index in [1.54, 1.807) is 0 Å². The number of hydrogen-bond donors (Lipinski definition) is 1. The summed E-state index contributed by atoms with van der Waals surface area (Å²) in [5.41, 5.74) is 3.95. The van der Waals surface area contributed by atoms with E-state index in [0.717, 1.165) is 24.5 Å². The maximum Gasteiger partial charge on any atom is 0.0663 e. The van der Waals surface area contributed by atoms with Crippen LogP contribution in [0.1, 0.15) is 42.6 Å². The van der Waals surface area contributed by atoms with E-state index in [9.17, 15) is 0 Å². The van der Waals surface area contributed by atoms with Crippen molar-refractivity contribution in [2.24, 2.45) is 0 Å². The molecule has 0 bridgehead atoms. The summed E-state index contributed by atoms with van der Waals surface area (Å²) < 4.78 is 2.13. The Labute approximate surface area is 124 Å². The van der Waals surface area contributed by atoms with Crippen molar-refractivity contribution >= 4 is 11.6 Å². The third kappa shape index (κ3) is 2.74. The van der Waals surface area contributed by atoms with Crippen LogP contribution < -0.4 is 5.32 Å². The normalized spacial score (nSPS) is 18.0. The summed E-state index contributed by atoms with van der Waals surface area (Å²) in [6.45, 7) is 3.96. The summed E-state index contributed by atoms with van der Waals surface area (Å²) in [5.74, 6) is 0. The fourth-order valence-corrected chi connectivity index (χ4v) is 3.23. The molecule has 0 aliphatic heterocycles. The van der Waals surface area contributed by atoms with E-state index in [-0.39, 0.29) is 0 Å². The van der Waals surface area contributed by atoms with Crippen molar-refractivity contribution in [3.63, 3.8) is 0 Å². The van der Waals surface area contributed by atoms with Crippen molar-refractivity contribution in [3.05, 3.63) is 52.3 Å². The van der Waals surface area contributed by atoms with Crippen LogP contribution in [0, 0.1) is 0 Å². The predicted molar refractivity (Wildman–Crippen MR) is 82.1 cm³/mol. The zero-order chi connectivity index (χ0) is 13.9. The Morgan fingerprint density at radius 2 is 2.35 bits per heavy atom. The van der Waals surface area contributed by atoms with Crippen LogP contribution in [0.3, 0.4) is 0 Å². The van der Waals surface area contributed by atoms with Crippen LogP contribution in [0.2, 0.25) is 5.02 Å². The molecular formula is C16H20ClN3. The number of benzene rings is 1. The van der Waals surface area contributed by atoms with E-state index in [1.165, 1.54) is 29.7 Å². The van der Waals surface area contributed by atoms with E-state index < -0.39 is 0 Å². The van der Waals surface area contributed by atoms with Crippen LogP contribution in [-0.4, -0.2) is 16.3 Å². The van der Waals surface area contributed by atoms with E-state index >= 15 is 0 Å². The molecule has 1 aliphatic rings. The van der Waals surface area contributed by atoms with Crippen molar-refractivity contribution in [1.29, 1.82) is 0 Å². The highest BCUT2D eigenvalue weighted by Crippen LogP contribution is 2.29. The summed E-state index contributed by atoms with van der Waals surface area (Å²) in [6.07, 6.45) is 5.60. The summed E-state index contributed by atoms with van der Waals surface area (Å²) in [7, 11) is 0. The minimum absolute atomic E-state index is 0.469. The summed E-state index contributed by atoms with van der Waals surface area (Å²) in [6, 6.07) is 8.49. The molecule has 0 radical (unpaired) electrons. The average Bonchev–Trinajstić information content (AvgIpc) is 2.84. The van der Waals surface area contributed by atoms with Crippen LogP contribution in [-0.2, 0) is 13.0 Å². The van der Waals surface area contributed by atoms with Crippen LogP contribution in [0.15, 0.2) is 30.5 Å². The lowest BCUT2D eigenvalue weighted by Gasteiger charge is -2.23. The van der Waals surface area contributed by atoms with Gasteiger partial charge >= 0.3 is 0 Å². The molecule has 0 saturated carbocycles. The first kappa shape index (κ1) is 13.7. The lowest BCUT2D eigenvalue weighted by molar-refractivity contribution is 0.460. The molecule has 106 valence electrons. The number of hydrogen-bond acceptors (Lipinski definition) is 2. The lowest BCUT2D eigenvalue weighted by atomic mass is 9.93. The molecule has 1 unspecified atom stereocenters. The van der Waals surface area contributed by atoms with Crippen LogP contribution in [0.5, 0.6) is 0 Å². The highest BCUT2D eigenvalue weighted by Gasteiger charge is 2.23. The van der Waals surface area contributed by atoms with Gasteiger partial charge in [0.1, 0.15) is 0 Å². The van der Waals surface area contributed by atoms with Gasteiger partial charge in [-0.3, -0.25) is 4.68 Å². The van der Waals surface area contributed by atoms with Crippen LogP contribution in [0.4, 0.5) is 0 Å². The number of nitrogens with one attached hydrogen (secondary N) is 1. The summed E-state index contributed by atoms with van der Waals surface area (Å²) in [5, 5.41) is 8.93. The number of fused-ring (bicyclic) bond motifs is 1. The van der Waals surface area contributed by atoms with Crippen LogP contribution >= 0.6 is 11.6 Å². The van der Waals surface area contributed by atoms with Gasteiger partial charge in [0.15, 0.2) is 0 Å². The second-order valence-electron chi connectivity index (χ2n) is 5.34. The van der Waals surface area contributed by atoms with Gasteiger partial charge in [-0.2, -0.15) is 5.10 Å². The number of halogens is 1. The molecule has 3 rings (SSSR count). The zero-order valence-corrected chi connectivity index (χ0v) is 12.5. The van der Waals surface area contributed by atoms with Crippen molar-refractivity contribution in [1.82, 2.24) is 15.1 Å². The van der Waals surface area contributed by atoms with Gasteiger partial charge in [-0.1, -0.05) is 30.7 Å². The Bertz CT molecular complexity index is 591. The third-order valence-corrected chi connectivity index (χ3v) is 4.17. The second-order valence-corrected chi connectivity index (χ2v) is 5.77. The van der Waals surface area contributed by atoms with Gasteiger partial charge in [-0.25, -0.2) is 0 Å². The van der Waals surface area contributed by atoms with E-state index in [0.29, 0.717) is 6.04 Å². The van der Waals surface area contributed by atoms with Gasteiger partial charge in [-0.15, -0.1) is 0 Å². The van der Waals surface area contributed by atoms with E-state index in [1.807, 2.05) is 24.4 Å². The minimum Gasteiger partial charge on any atom is -0.310 e. The molecule has 1 atom stereocenters. The quantitative estimate of drug-likeness (QED) is 0.932. The lowest BCUT2D eigenvalue weighted by Crippen LogP contribution is -2.25. The molecular weight excluding hydrogens is 270 g/mol. The first-order valence-corrected chi connectivity index (χ1v) is 7.68. The largest absolute Gasteiger partial charge is 0.310 e. The molecule has 1 aromatic carbocycles. The number of nitrogens with zero attached hydrogens (tertiary/aromatic N) is 2. The number of aromatic nitrogens is 2. The van der Waals surface area contributed by atoms with E-state index in [2.05, 4.69) is 28.1 Å². The predicted octanol–water partition coefficient (Wildman–Crippen LogP) is 3.57. The van der Waals surface area contributed by atoms with Crippen molar-refractivity contribution in [2.45, 2.75) is 38.8 Å². The molecule has 20 heavy (non-hydrogen) atoms. The topological polar surface area (TPSA) is 29.9 Å². The molecule has 4 heteroatoms. The molecule has 0 spiro atoms. The maximum atomic E-state index is 6.05. The van der Waals surface area contributed by atoms with Gasteiger partial charge in [-0.05, 0) is 43.5 Å². The highest BCUT2D eigenvalue weighted by molar-refractivity contribution is 6.30. The molecule has 3 nitrogen and oxygen atoms in total. The van der Waals surface area contributed by atoms with Crippen molar-refractivity contribution in [2.75, 3.05) is 6.54 Å². The van der Waals surface area contributed by atoms with E-state index in [4.69, 9.17) is 11.6 Å². The summed E-state index contributed by atoms with van der Waals surface area (Å²) in [4.78, 5) is 0. The number of rotatable bonds is 4. The Balaban J connectivity index is 1.85. The average molecular weight is 290 g/mol. The molecule has 1 aliphatic carbocycles. The van der Waals surface area contributed by atoms with Gasteiger partial charge < -0.3 is 5.32 Å². The Morgan fingerprint density at radius 3 is 3.15 bits per heavy atom.